The molecule has 2 N–H and O–H groups in total. The Hall–Kier alpha value is -4.26. The predicted molar refractivity (Wildman–Crippen MR) is 116 cm³/mol. The van der Waals surface area contributed by atoms with E-state index >= 15 is 4.39 Å². The van der Waals surface area contributed by atoms with Crippen molar-refractivity contribution in [1.82, 2.24) is 35.7 Å². The molecule has 180 valence electrons. The van der Waals surface area contributed by atoms with Gasteiger partial charge >= 0.3 is 6.09 Å². The normalized spacial score (nSPS) is 15.6. The van der Waals surface area contributed by atoms with Gasteiger partial charge < -0.3 is 10.1 Å². The Morgan fingerprint density at radius 1 is 1.14 bits per heavy atom. The third-order valence-corrected chi connectivity index (χ3v) is 5.51. The largest absolute Gasteiger partial charge is 0.442 e. The molecule has 1 fully saturated rings. The highest BCUT2D eigenvalue weighted by Gasteiger charge is 2.36. The number of nitrogens with one attached hydrogen (secondary N) is 2. The van der Waals surface area contributed by atoms with Crippen molar-refractivity contribution in [2.45, 2.75) is 25.7 Å². The Morgan fingerprint density at radius 2 is 1.97 bits per heavy atom. The van der Waals surface area contributed by atoms with E-state index in [-0.39, 0.29) is 18.7 Å². The van der Waals surface area contributed by atoms with Crippen LogP contribution >= 0.6 is 0 Å². The zero-order chi connectivity index (χ0) is 24.4. The highest BCUT2D eigenvalue weighted by Crippen LogP contribution is 2.35. The van der Waals surface area contributed by atoms with Crippen LogP contribution in [0.25, 0.3) is 11.1 Å². The number of rotatable bonds is 8. The Labute approximate surface area is 196 Å². The summed E-state index contributed by atoms with van der Waals surface area (Å²) in [5.41, 5.74) is 0.726. The molecule has 0 aliphatic carbocycles. The summed E-state index contributed by atoms with van der Waals surface area (Å²) in [5, 5.41) is 20.8. The maximum Gasteiger partial charge on any atom is 0.414 e. The number of aromatic nitrogens is 6. The number of cyclic esters (lactones) is 1. The summed E-state index contributed by atoms with van der Waals surface area (Å²) in [6.45, 7) is 1.06. The summed E-state index contributed by atoms with van der Waals surface area (Å²) in [6.07, 6.45) is 3.05. The van der Waals surface area contributed by atoms with Crippen LogP contribution < -0.4 is 10.2 Å². The van der Waals surface area contributed by atoms with Crippen molar-refractivity contribution in [3.05, 3.63) is 77.6 Å². The van der Waals surface area contributed by atoms with Gasteiger partial charge in [0.1, 0.15) is 11.9 Å². The molecule has 0 spiro atoms. The van der Waals surface area contributed by atoms with E-state index in [9.17, 15) is 13.6 Å². The molecule has 1 unspecified atom stereocenters. The molecule has 2 aromatic heterocycles. The molecule has 0 radical (unpaired) electrons. The Morgan fingerprint density at radius 3 is 2.69 bits per heavy atom. The van der Waals surface area contributed by atoms with Gasteiger partial charge in [-0.1, -0.05) is 29.5 Å². The zero-order valence-electron chi connectivity index (χ0n) is 18.2. The Bertz CT molecular complexity index is 1310. The van der Waals surface area contributed by atoms with Crippen molar-refractivity contribution < 1.29 is 22.7 Å². The number of ether oxygens (including phenoxy) is 1. The zero-order valence-corrected chi connectivity index (χ0v) is 18.2. The molecule has 5 rings (SSSR count). The fourth-order valence-electron chi connectivity index (χ4n) is 3.83. The number of carbonyl (C=O) groups is 1. The van der Waals surface area contributed by atoms with Crippen LogP contribution in [-0.4, -0.2) is 49.1 Å². The first-order valence-electron chi connectivity index (χ1n) is 10.6. The molecule has 1 aliphatic heterocycles. The van der Waals surface area contributed by atoms with E-state index in [1.54, 1.807) is 24.5 Å². The van der Waals surface area contributed by atoms with Crippen molar-refractivity contribution in [1.29, 1.82) is 0 Å². The molecule has 1 saturated heterocycles. The molecule has 1 aliphatic rings. The van der Waals surface area contributed by atoms with Crippen molar-refractivity contribution in [3.63, 3.8) is 0 Å². The molecule has 0 saturated carbocycles. The first kappa shape index (κ1) is 22.5. The summed E-state index contributed by atoms with van der Waals surface area (Å²) in [7, 11) is 0. The molecule has 2 aromatic carbocycles. The number of amides is 1. The predicted octanol–water partition coefficient (Wildman–Crippen LogP) is 2.80. The first-order chi connectivity index (χ1) is 17.0. The highest BCUT2D eigenvalue weighted by molar-refractivity contribution is 5.90. The Kier molecular flexibility index (Phi) is 6.14. The standard InChI is InChI=1S/C22H19F3N8O2/c23-17-7-18(33-12-16(35-22(33)34)11-32-6-5-27-31-32)20(24)21(25)19(17)14-3-1-13(2-4-14)8-26-9-15-10-28-30-29-15/h1-7,10,16,26H,8-9,11-12H2,(H,28,29,30). The summed E-state index contributed by atoms with van der Waals surface area (Å²) in [6, 6.07) is 7.18. The molecule has 35 heavy (non-hydrogen) atoms. The molecule has 13 heteroatoms. The minimum Gasteiger partial charge on any atom is -0.442 e. The van der Waals surface area contributed by atoms with Crippen LogP contribution in [0.1, 0.15) is 11.3 Å². The van der Waals surface area contributed by atoms with Crippen LogP contribution in [-0.2, 0) is 24.4 Å². The van der Waals surface area contributed by atoms with Crippen LogP contribution in [0.3, 0.4) is 0 Å². The van der Waals surface area contributed by atoms with Gasteiger partial charge in [-0.15, -0.1) is 5.10 Å². The second-order valence-electron chi connectivity index (χ2n) is 7.88. The van der Waals surface area contributed by atoms with E-state index in [1.807, 2.05) is 0 Å². The van der Waals surface area contributed by atoms with Crippen molar-refractivity contribution in [3.8, 4) is 11.1 Å². The molecule has 4 aromatic rings. The van der Waals surface area contributed by atoms with Crippen molar-refractivity contribution in [2.24, 2.45) is 0 Å². The van der Waals surface area contributed by atoms with Crippen LogP contribution in [0.4, 0.5) is 23.7 Å². The maximum atomic E-state index is 15.0. The average Bonchev–Trinajstić information content (AvgIpc) is 3.61. The number of aromatic amines is 1. The fourth-order valence-corrected chi connectivity index (χ4v) is 3.83. The third kappa shape index (κ3) is 4.71. The number of H-pyrrole nitrogens is 1. The van der Waals surface area contributed by atoms with Gasteiger partial charge in [0.2, 0.25) is 0 Å². The molecular weight excluding hydrogens is 465 g/mol. The topological polar surface area (TPSA) is 114 Å². The van der Waals surface area contributed by atoms with E-state index in [0.29, 0.717) is 13.1 Å². The second kappa shape index (κ2) is 9.54. The third-order valence-electron chi connectivity index (χ3n) is 5.51. The smallest absolute Gasteiger partial charge is 0.414 e. The lowest BCUT2D eigenvalue weighted by molar-refractivity contribution is 0.129. The van der Waals surface area contributed by atoms with Gasteiger partial charge in [0.25, 0.3) is 0 Å². The molecule has 10 nitrogen and oxygen atoms in total. The molecule has 1 amide bonds. The number of halogens is 3. The first-order valence-corrected chi connectivity index (χ1v) is 10.6. The summed E-state index contributed by atoms with van der Waals surface area (Å²) in [4.78, 5) is 13.1. The fraction of sp³-hybridized carbons (Fsp3) is 0.227. The number of hydrogen-bond donors (Lipinski definition) is 2. The van der Waals surface area contributed by atoms with Gasteiger partial charge in [-0.3, -0.25) is 4.90 Å². The van der Waals surface area contributed by atoms with Crippen LogP contribution in [0, 0.1) is 17.5 Å². The quantitative estimate of drug-likeness (QED) is 0.370. The summed E-state index contributed by atoms with van der Waals surface area (Å²) in [5.74, 6) is -3.72. The lowest BCUT2D eigenvalue weighted by Gasteiger charge is -2.17. The minimum atomic E-state index is -1.38. The van der Waals surface area contributed by atoms with Gasteiger partial charge in [0.05, 0.1) is 42.4 Å². The molecule has 0 bridgehead atoms. The van der Waals surface area contributed by atoms with Gasteiger partial charge in [-0.25, -0.2) is 22.6 Å². The van der Waals surface area contributed by atoms with Crippen LogP contribution in [0.5, 0.6) is 0 Å². The molecule has 1 atom stereocenters. The van der Waals surface area contributed by atoms with Crippen molar-refractivity contribution in [2.75, 3.05) is 11.4 Å². The monoisotopic (exact) mass is 484 g/mol. The number of anilines is 1. The lowest BCUT2D eigenvalue weighted by Crippen LogP contribution is -2.27. The maximum absolute atomic E-state index is 15.0. The lowest BCUT2D eigenvalue weighted by atomic mass is 10.0. The highest BCUT2D eigenvalue weighted by atomic mass is 19.2. The average molecular weight is 484 g/mol. The van der Waals surface area contributed by atoms with E-state index in [2.05, 4.69) is 31.0 Å². The molecule has 3 heterocycles. The molecular formula is C22H19F3N8O2. The van der Waals surface area contributed by atoms with Crippen molar-refractivity contribution >= 4 is 11.8 Å². The van der Waals surface area contributed by atoms with Gasteiger partial charge in [-0.05, 0) is 11.1 Å². The van der Waals surface area contributed by atoms with Crippen LogP contribution in [0.2, 0.25) is 0 Å². The minimum absolute atomic E-state index is 0.0934. The SMILES string of the molecule is O=C1OC(Cn2ccnn2)CN1c1cc(F)c(-c2ccc(CNCc3cn[nH]n3)cc2)c(F)c1F. The van der Waals surface area contributed by atoms with Gasteiger partial charge in [-0.2, -0.15) is 15.4 Å². The second-order valence-corrected chi connectivity index (χ2v) is 7.88. The number of nitrogens with zero attached hydrogens (tertiary/aromatic N) is 6. The van der Waals surface area contributed by atoms with E-state index < -0.39 is 40.9 Å². The summed E-state index contributed by atoms with van der Waals surface area (Å²) >= 11 is 0. The van der Waals surface area contributed by atoms with Gasteiger partial charge in [0.15, 0.2) is 11.6 Å². The van der Waals surface area contributed by atoms with E-state index in [0.717, 1.165) is 22.2 Å². The van der Waals surface area contributed by atoms with Crippen LogP contribution in [0.15, 0.2) is 48.9 Å². The van der Waals surface area contributed by atoms with E-state index in [1.165, 1.54) is 23.0 Å². The number of hydrogen-bond acceptors (Lipinski definition) is 7. The van der Waals surface area contributed by atoms with E-state index in [4.69, 9.17) is 4.74 Å². The number of carbonyl (C=O) groups excluding carboxylic acids is 1. The Balaban J connectivity index is 1.31. The van der Waals surface area contributed by atoms with Gasteiger partial charge in [0, 0.05) is 25.4 Å². The number of benzene rings is 2. The summed E-state index contributed by atoms with van der Waals surface area (Å²) < 4.78 is 51.6.